The third-order valence-corrected chi connectivity index (χ3v) is 3.61. The number of hydrogen-bond acceptors (Lipinski definition) is 2. The van der Waals surface area contributed by atoms with Crippen molar-refractivity contribution >= 4 is 12.0 Å². The van der Waals surface area contributed by atoms with Crippen LogP contribution in [-0.2, 0) is 4.79 Å². The number of carboxylic acids is 1. The van der Waals surface area contributed by atoms with Crippen LogP contribution in [-0.4, -0.2) is 29.2 Å². The molecule has 0 heterocycles. The van der Waals surface area contributed by atoms with Gasteiger partial charge in [-0.1, -0.05) is 27.7 Å². The Kier molecular flexibility index (Phi) is 5.20. The van der Waals surface area contributed by atoms with Gasteiger partial charge in [0.2, 0.25) is 0 Å². The summed E-state index contributed by atoms with van der Waals surface area (Å²) < 4.78 is 0. The molecule has 19 heavy (non-hydrogen) atoms. The van der Waals surface area contributed by atoms with Crippen molar-refractivity contribution in [1.29, 1.82) is 0 Å². The first-order chi connectivity index (χ1) is 8.69. The van der Waals surface area contributed by atoms with Crippen LogP contribution in [0.4, 0.5) is 4.79 Å². The number of carbonyl (C=O) groups is 2. The largest absolute Gasteiger partial charge is 0.480 e. The maximum absolute atomic E-state index is 11.8. The summed E-state index contributed by atoms with van der Waals surface area (Å²) in [5.41, 5.74) is 0.266. The summed E-state index contributed by atoms with van der Waals surface area (Å²) in [6, 6.07) is -1.02. The van der Waals surface area contributed by atoms with E-state index in [0.717, 1.165) is 19.3 Å². The van der Waals surface area contributed by atoms with Crippen LogP contribution in [0, 0.1) is 11.3 Å². The highest BCUT2D eigenvalue weighted by atomic mass is 16.4. The number of nitrogens with one attached hydrogen (secondary N) is 2. The summed E-state index contributed by atoms with van der Waals surface area (Å²) in [4.78, 5) is 22.9. The number of carboxylic acid groups (broad SMARTS) is 1. The molecule has 1 unspecified atom stereocenters. The van der Waals surface area contributed by atoms with Gasteiger partial charge >= 0.3 is 12.0 Å². The van der Waals surface area contributed by atoms with Gasteiger partial charge in [0.25, 0.3) is 0 Å². The molecule has 0 aromatic carbocycles. The highest BCUT2D eigenvalue weighted by molar-refractivity contribution is 5.82. The Hall–Kier alpha value is -1.26. The van der Waals surface area contributed by atoms with Gasteiger partial charge in [0, 0.05) is 6.04 Å². The van der Waals surface area contributed by atoms with Crippen LogP contribution in [0.15, 0.2) is 0 Å². The predicted octanol–water partition coefficient (Wildman–Crippen LogP) is 2.36. The number of urea groups is 1. The molecule has 0 aromatic rings. The smallest absolute Gasteiger partial charge is 0.326 e. The van der Waals surface area contributed by atoms with E-state index in [9.17, 15) is 9.59 Å². The van der Waals surface area contributed by atoms with Gasteiger partial charge in [-0.05, 0) is 37.0 Å². The van der Waals surface area contributed by atoms with E-state index in [-0.39, 0.29) is 23.4 Å². The zero-order valence-corrected chi connectivity index (χ0v) is 12.3. The molecule has 5 heteroatoms. The average molecular weight is 270 g/mol. The molecule has 0 aliphatic heterocycles. The quantitative estimate of drug-likeness (QED) is 0.717. The molecule has 0 radical (unpaired) electrons. The molecule has 1 fully saturated rings. The highest BCUT2D eigenvalue weighted by Gasteiger charge is 2.32. The molecule has 1 aliphatic rings. The third kappa shape index (κ3) is 5.49. The van der Waals surface area contributed by atoms with Crippen molar-refractivity contribution in [3.63, 3.8) is 0 Å². The van der Waals surface area contributed by atoms with Crippen molar-refractivity contribution in [1.82, 2.24) is 10.6 Å². The zero-order chi connectivity index (χ0) is 14.6. The van der Waals surface area contributed by atoms with Crippen molar-refractivity contribution in [2.24, 2.45) is 11.3 Å². The van der Waals surface area contributed by atoms with Crippen LogP contribution >= 0.6 is 0 Å². The maximum atomic E-state index is 11.8. The molecule has 0 spiro atoms. The summed E-state index contributed by atoms with van der Waals surface area (Å²) in [6.07, 6.45) is 3.44. The summed E-state index contributed by atoms with van der Waals surface area (Å²) in [7, 11) is 0. The highest BCUT2D eigenvalue weighted by Crippen LogP contribution is 2.36. The van der Waals surface area contributed by atoms with E-state index >= 15 is 0 Å². The van der Waals surface area contributed by atoms with Gasteiger partial charge in [-0.25, -0.2) is 9.59 Å². The van der Waals surface area contributed by atoms with E-state index in [4.69, 9.17) is 5.11 Å². The van der Waals surface area contributed by atoms with Crippen LogP contribution in [0.1, 0.15) is 53.4 Å². The Balaban J connectivity index is 2.43. The summed E-state index contributed by atoms with van der Waals surface area (Å²) >= 11 is 0. The van der Waals surface area contributed by atoms with Crippen molar-refractivity contribution in [3.8, 4) is 0 Å². The number of hydrogen-bond donors (Lipinski definition) is 3. The van der Waals surface area contributed by atoms with Crippen molar-refractivity contribution in [2.45, 2.75) is 65.5 Å². The minimum absolute atomic E-state index is 0.156. The fourth-order valence-electron chi connectivity index (χ4n) is 2.64. The molecule has 1 rings (SSSR count). The van der Waals surface area contributed by atoms with Crippen LogP contribution in [0.5, 0.6) is 0 Å². The second-order valence-corrected chi connectivity index (χ2v) is 6.74. The Labute approximate surface area is 115 Å². The fourth-order valence-corrected chi connectivity index (χ4v) is 2.64. The number of aliphatic carboxylic acids is 1. The van der Waals surface area contributed by atoms with E-state index in [1.807, 2.05) is 13.8 Å². The van der Waals surface area contributed by atoms with Gasteiger partial charge in [0.15, 0.2) is 0 Å². The first-order valence-corrected chi connectivity index (χ1v) is 6.99. The number of carbonyl (C=O) groups excluding carboxylic acids is 1. The van der Waals surface area contributed by atoms with E-state index in [2.05, 4.69) is 24.5 Å². The molecule has 5 nitrogen and oxygen atoms in total. The second-order valence-electron chi connectivity index (χ2n) is 6.74. The van der Waals surface area contributed by atoms with Crippen molar-refractivity contribution in [2.75, 3.05) is 0 Å². The van der Waals surface area contributed by atoms with Gasteiger partial charge in [0.05, 0.1) is 0 Å². The van der Waals surface area contributed by atoms with Gasteiger partial charge < -0.3 is 15.7 Å². The molecule has 3 N–H and O–H groups in total. The molecule has 0 saturated heterocycles. The van der Waals surface area contributed by atoms with Gasteiger partial charge in [-0.2, -0.15) is 0 Å². The Morgan fingerprint density at radius 1 is 1.37 bits per heavy atom. The predicted molar refractivity (Wildman–Crippen MR) is 74.0 cm³/mol. The molecule has 0 bridgehead atoms. The summed E-state index contributed by atoms with van der Waals surface area (Å²) in [5.74, 6) is -0.748. The lowest BCUT2D eigenvalue weighted by Crippen LogP contribution is -2.49. The zero-order valence-electron chi connectivity index (χ0n) is 12.3. The Morgan fingerprint density at radius 3 is 2.42 bits per heavy atom. The van der Waals surface area contributed by atoms with Gasteiger partial charge in [0.1, 0.15) is 6.04 Å². The van der Waals surface area contributed by atoms with Gasteiger partial charge in [-0.15, -0.1) is 0 Å². The normalized spacial score (nSPS) is 23.1. The first kappa shape index (κ1) is 15.8. The number of amides is 2. The van der Waals surface area contributed by atoms with Crippen molar-refractivity contribution in [3.05, 3.63) is 0 Å². The lowest BCUT2D eigenvalue weighted by molar-refractivity contribution is -0.139. The van der Waals surface area contributed by atoms with Crippen LogP contribution in [0.2, 0.25) is 0 Å². The topological polar surface area (TPSA) is 78.4 Å². The fraction of sp³-hybridized carbons (Fsp3) is 0.857. The molecular formula is C14H26N2O3. The van der Waals surface area contributed by atoms with E-state index in [1.165, 1.54) is 0 Å². The monoisotopic (exact) mass is 270 g/mol. The lowest BCUT2D eigenvalue weighted by atomic mass is 9.92. The summed E-state index contributed by atoms with van der Waals surface area (Å²) in [6.45, 7) is 8.25. The molecule has 2 amide bonds. The van der Waals surface area contributed by atoms with Gasteiger partial charge in [-0.3, -0.25) is 0 Å². The average Bonchev–Trinajstić information content (AvgIpc) is 2.56. The first-order valence-electron chi connectivity index (χ1n) is 6.99. The summed E-state index contributed by atoms with van der Waals surface area (Å²) in [5, 5.41) is 14.5. The SMILES string of the molecule is CC(C)C[C@@H](NC(=O)NC1CCC(C)(C)C1)C(=O)O. The van der Waals surface area contributed by atoms with Crippen LogP contribution in [0.3, 0.4) is 0 Å². The molecule has 0 aromatic heterocycles. The lowest BCUT2D eigenvalue weighted by Gasteiger charge is -2.20. The van der Waals surface area contributed by atoms with Crippen molar-refractivity contribution < 1.29 is 14.7 Å². The van der Waals surface area contributed by atoms with E-state index in [1.54, 1.807) is 0 Å². The van der Waals surface area contributed by atoms with E-state index in [0.29, 0.717) is 6.42 Å². The molecule has 1 saturated carbocycles. The molecule has 2 atom stereocenters. The second kappa shape index (κ2) is 6.26. The minimum Gasteiger partial charge on any atom is -0.480 e. The standard InChI is InChI=1S/C14H26N2O3/c1-9(2)7-11(12(17)18)16-13(19)15-10-5-6-14(3,4)8-10/h9-11H,5-8H2,1-4H3,(H,17,18)(H2,15,16,19)/t10?,11-/m1/s1. The van der Waals surface area contributed by atoms with E-state index < -0.39 is 12.0 Å². The Morgan fingerprint density at radius 2 is 2.00 bits per heavy atom. The minimum atomic E-state index is -0.976. The van der Waals surface area contributed by atoms with Crippen LogP contribution < -0.4 is 10.6 Å². The third-order valence-electron chi connectivity index (χ3n) is 3.61. The number of rotatable bonds is 5. The Bertz CT molecular complexity index is 340. The molecule has 110 valence electrons. The van der Waals surface area contributed by atoms with Crippen LogP contribution in [0.25, 0.3) is 0 Å². The molecular weight excluding hydrogens is 244 g/mol. The maximum Gasteiger partial charge on any atom is 0.326 e. The molecule has 1 aliphatic carbocycles.